The summed E-state index contributed by atoms with van der Waals surface area (Å²) in [6, 6.07) is 7.03. The predicted octanol–water partition coefficient (Wildman–Crippen LogP) is 1.27. The highest BCUT2D eigenvalue weighted by Gasteiger charge is 2.53. The van der Waals surface area contributed by atoms with Crippen LogP contribution in [0.25, 0.3) is 0 Å². The van der Waals surface area contributed by atoms with Crippen molar-refractivity contribution in [2.24, 2.45) is 5.92 Å². The van der Waals surface area contributed by atoms with E-state index in [1.807, 2.05) is 32.8 Å². The molecule has 6 nitrogen and oxygen atoms in total. The Hall–Kier alpha value is -1.60. The van der Waals surface area contributed by atoms with Crippen LogP contribution in [0.3, 0.4) is 0 Å². The number of amides is 1. The molecule has 0 radical (unpaired) electrons. The van der Waals surface area contributed by atoms with Crippen LogP contribution in [0.4, 0.5) is 0 Å². The van der Waals surface area contributed by atoms with Gasteiger partial charge < -0.3 is 14.5 Å². The molecule has 2 fully saturated rings. The first-order valence-electron chi connectivity index (χ1n) is 8.63. The highest BCUT2D eigenvalue weighted by molar-refractivity contribution is 7.92. The molecule has 3 atom stereocenters. The van der Waals surface area contributed by atoms with Gasteiger partial charge >= 0.3 is 0 Å². The average Bonchev–Trinajstić information content (AvgIpc) is 3.06. The molecular weight excluding hydrogens is 340 g/mol. The molecule has 0 aliphatic carbocycles. The molecule has 0 bridgehead atoms. The quantitative estimate of drug-likeness (QED) is 0.803. The summed E-state index contributed by atoms with van der Waals surface area (Å²) in [5, 5.41) is -0.438. The fourth-order valence-corrected chi connectivity index (χ4v) is 6.34. The van der Waals surface area contributed by atoms with Crippen molar-refractivity contribution in [1.29, 1.82) is 0 Å². The maximum atomic E-state index is 12.8. The van der Waals surface area contributed by atoms with Crippen molar-refractivity contribution in [3.05, 3.63) is 29.8 Å². The van der Waals surface area contributed by atoms with Crippen LogP contribution in [-0.2, 0) is 9.84 Å². The van der Waals surface area contributed by atoms with Crippen LogP contribution in [0.15, 0.2) is 24.3 Å². The number of carbonyl (C=O) groups excluding carboxylic acids is 1. The minimum absolute atomic E-state index is 0.00695. The van der Waals surface area contributed by atoms with E-state index in [0.717, 1.165) is 5.75 Å². The van der Waals surface area contributed by atoms with Crippen LogP contribution in [-0.4, -0.2) is 74.5 Å². The Morgan fingerprint density at radius 3 is 2.40 bits per heavy atom. The molecule has 2 saturated heterocycles. The maximum Gasteiger partial charge on any atom is 0.253 e. The lowest BCUT2D eigenvalue weighted by Crippen LogP contribution is -2.38. The minimum atomic E-state index is -3.14. The fourth-order valence-electron chi connectivity index (χ4n) is 3.86. The minimum Gasteiger partial charge on any atom is -0.491 e. The van der Waals surface area contributed by atoms with Gasteiger partial charge in [-0.15, -0.1) is 0 Å². The molecule has 0 unspecified atom stereocenters. The number of hydrogen-bond acceptors (Lipinski definition) is 5. The summed E-state index contributed by atoms with van der Waals surface area (Å²) >= 11 is 0. The van der Waals surface area contributed by atoms with E-state index in [-0.39, 0.29) is 29.7 Å². The lowest BCUT2D eigenvalue weighted by atomic mass is 10.00. The zero-order valence-corrected chi connectivity index (χ0v) is 16.0. The van der Waals surface area contributed by atoms with Gasteiger partial charge in [0, 0.05) is 30.6 Å². The van der Waals surface area contributed by atoms with Crippen molar-refractivity contribution in [3.8, 4) is 5.75 Å². The second kappa shape index (κ2) is 6.61. The molecule has 3 rings (SSSR count). The molecule has 1 aromatic carbocycles. The van der Waals surface area contributed by atoms with Gasteiger partial charge in [-0.3, -0.25) is 4.79 Å². The van der Waals surface area contributed by atoms with Crippen LogP contribution in [0.1, 0.15) is 24.2 Å². The first-order chi connectivity index (χ1) is 11.7. The highest BCUT2D eigenvalue weighted by Crippen LogP contribution is 2.36. The van der Waals surface area contributed by atoms with Gasteiger partial charge in [-0.2, -0.15) is 0 Å². The Balaban J connectivity index is 1.74. The summed E-state index contributed by atoms with van der Waals surface area (Å²) in [6.07, 6.45) is 0.0766. The van der Waals surface area contributed by atoms with Crippen molar-refractivity contribution in [2.45, 2.75) is 31.2 Å². The number of carbonyl (C=O) groups is 1. The van der Waals surface area contributed by atoms with E-state index >= 15 is 0 Å². The van der Waals surface area contributed by atoms with Gasteiger partial charge in [0.25, 0.3) is 5.91 Å². The SMILES string of the molecule is CC(C)Oc1ccc(C(=O)N2C[C@H]3[C@H](N(C)C)CS(=O)(=O)[C@H]3C2)cc1. The Morgan fingerprint density at radius 1 is 1.20 bits per heavy atom. The van der Waals surface area contributed by atoms with E-state index < -0.39 is 15.1 Å². The third-order valence-corrected chi connectivity index (χ3v) is 7.32. The first-order valence-corrected chi connectivity index (χ1v) is 10.3. The normalized spacial score (nSPS) is 27.8. The molecule has 0 saturated carbocycles. The van der Waals surface area contributed by atoms with Gasteiger partial charge in [-0.05, 0) is 52.2 Å². The molecule has 2 aliphatic rings. The number of nitrogens with zero attached hydrogens (tertiary/aromatic N) is 2. The van der Waals surface area contributed by atoms with Crippen LogP contribution >= 0.6 is 0 Å². The fraction of sp³-hybridized carbons (Fsp3) is 0.611. The average molecular weight is 366 g/mol. The third-order valence-electron chi connectivity index (χ3n) is 5.09. The van der Waals surface area contributed by atoms with Crippen molar-refractivity contribution in [1.82, 2.24) is 9.80 Å². The van der Waals surface area contributed by atoms with Crippen LogP contribution < -0.4 is 4.74 Å². The molecular formula is C18H26N2O4S. The van der Waals surface area contributed by atoms with Crippen LogP contribution in [0, 0.1) is 5.92 Å². The monoisotopic (exact) mass is 366 g/mol. The first kappa shape index (κ1) is 18.2. The molecule has 25 heavy (non-hydrogen) atoms. The largest absolute Gasteiger partial charge is 0.491 e. The van der Waals surface area contributed by atoms with Crippen LogP contribution in [0.2, 0.25) is 0 Å². The summed E-state index contributed by atoms with van der Waals surface area (Å²) in [5.41, 5.74) is 0.565. The van der Waals surface area contributed by atoms with Gasteiger partial charge in [0.15, 0.2) is 9.84 Å². The van der Waals surface area contributed by atoms with E-state index in [2.05, 4.69) is 0 Å². The number of likely N-dealkylation sites (tertiary alicyclic amines) is 1. The molecule has 7 heteroatoms. The molecule has 2 heterocycles. The van der Waals surface area contributed by atoms with E-state index in [1.54, 1.807) is 29.2 Å². The second-order valence-corrected chi connectivity index (χ2v) is 9.73. The smallest absolute Gasteiger partial charge is 0.253 e. The molecule has 0 N–H and O–H groups in total. The molecule has 0 aromatic heterocycles. The molecule has 138 valence electrons. The van der Waals surface area contributed by atoms with E-state index in [4.69, 9.17) is 4.74 Å². The Kier molecular flexibility index (Phi) is 4.81. The summed E-state index contributed by atoms with van der Waals surface area (Å²) < 4.78 is 30.5. The lowest BCUT2D eigenvalue weighted by Gasteiger charge is -2.25. The highest BCUT2D eigenvalue weighted by atomic mass is 32.2. The number of rotatable bonds is 4. The predicted molar refractivity (Wildman–Crippen MR) is 96.6 cm³/mol. The zero-order valence-electron chi connectivity index (χ0n) is 15.2. The number of ether oxygens (including phenoxy) is 1. The second-order valence-electron chi connectivity index (χ2n) is 7.46. The molecule has 0 spiro atoms. The molecule has 1 amide bonds. The van der Waals surface area contributed by atoms with E-state index in [9.17, 15) is 13.2 Å². The maximum absolute atomic E-state index is 12.8. The summed E-state index contributed by atoms with van der Waals surface area (Å²) in [6.45, 7) is 4.68. The van der Waals surface area contributed by atoms with E-state index in [1.165, 1.54) is 0 Å². The van der Waals surface area contributed by atoms with Gasteiger partial charge in [-0.25, -0.2) is 8.42 Å². The van der Waals surface area contributed by atoms with Crippen molar-refractivity contribution in [3.63, 3.8) is 0 Å². The summed E-state index contributed by atoms with van der Waals surface area (Å²) in [4.78, 5) is 16.4. The summed E-state index contributed by atoms with van der Waals surface area (Å²) in [5.74, 6) is 0.796. The standard InChI is InChI=1S/C18H26N2O4S/c1-12(2)24-14-7-5-13(6-8-14)18(21)20-9-15-16(19(3)4)11-25(22,23)17(15)10-20/h5-8,12,15-17H,9-11H2,1-4H3/t15-,16+,17-/m0/s1. The number of hydrogen-bond donors (Lipinski definition) is 0. The number of sulfone groups is 1. The van der Waals surface area contributed by atoms with Crippen molar-refractivity contribution in [2.75, 3.05) is 32.9 Å². The Labute approximate surface area is 149 Å². The molecule has 2 aliphatic heterocycles. The summed E-state index contributed by atoms with van der Waals surface area (Å²) in [7, 11) is 0.664. The Morgan fingerprint density at radius 2 is 1.84 bits per heavy atom. The topological polar surface area (TPSA) is 66.9 Å². The van der Waals surface area contributed by atoms with Crippen LogP contribution in [0.5, 0.6) is 5.75 Å². The third kappa shape index (κ3) is 3.53. The lowest BCUT2D eigenvalue weighted by molar-refractivity contribution is 0.0779. The number of benzene rings is 1. The van der Waals surface area contributed by atoms with Gasteiger partial charge in [-0.1, -0.05) is 0 Å². The molecule has 1 aromatic rings. The Bertz CT molecular complexity index is 743. The zero-order chi connectivity index (χ0) is 18.4. The van der Waals surface area contributed by atoms with Gasteiger partial charge in [0.05, 0.1) is 17.1 Å². The van der Waals surface area contributed by atoms with E-state index in [0.29, 0.717) is 18.7 Å². The van der Waals surface area contributed by atoms with Gasteiger partial charge in [0.1, 0.15) is 5.75 Å². The number of fused-ring (bicyclic) bond motifs is 1. The van der Waals surface area contributed by atoms with Crippen molar-refractivity contribution >= 4 is 15.7 Å². The van der Waals surface area contributed by atoms with Crippen molar-refractivity contribution < 1.29 is 17.9 Å². The van der Waals surface area contributed by atoms with Gasteiger partial charge in [0.2, 0.25) is 0 Å².